The fourth-order valence-corrected chi connectivity index (χ4v) is 8.67. The predicted octanol–water partition coefficient (Wildman–Crippen LogP) is 16.1. The van der Waals surface area contributed by atoms with E-state index in [4.69, 9.17) is 9.97 Å². The standard InChI is InChI=1S/C60H40N2/c1-3-14-41(15-4-1)46-19-9-22-49(36-46)51-24-11-21-48(38-51)43-30-32-45(33-31-43)59-58-56-29-8-7-18-44(56)34-35-57(58)61-60(62-59)55-28-13-27-54(40-55)53-26-12-25-52(39-53)50-23-10-20-47(37-50)42-16-5-2-6-17-42/h1-40H. The van der Waals surface area contributed by atoms with Gasteiger partial charge in [-0.2, -0.15) is 0 Å². The van der Waals surface area contributed by atoms with E-state index in [1.54, 1.807) is 0 Å². The van der Waals surface area contributed by atoms with Crippen LogP contribution in [0.1, 0.15) is 0 Å². The Hall–Kier alpha value is -8.20. The molecule has 11 rings (SSSR count). The van der Waals surface area contributed by atoms with Crippen LogP contribution in [0.15, 0.2) is 243 Å². The predicted molar refractivity (Wildman–Crippen MR) is 261 cm³/mol. The van der Waals surface area contributed by atoms with Crippen LogP contribution in [0.4, 0.5) is 0 Å². The van der Waals surface area contributed by atoms with E-state index in [9.17, 15) is 0 Å². The lowest BCUT2D eigenvalue weighted by molar-refractivity contribution is 1.23. The number of hydrogen-bond donors (Lipinski definition) is 0. The first-order chi connectivity index (χ1) is 30.7. The van der Waals surface area contributed by atoms with Crippen LogP contribution in [0, 0.1) is 0 Å². The molecule has 0 bridgehead atoms. The third-order valence-corrected chi connectivity index (χ3v) is 11.9. The van der Waals surface area contributed by atoms with Gasteiger partial charge in [0.25, 0.3) is 0 Å². The molecule has 0 atom stereocenters. The van der Waals surface area contributed by atoms with E-state index in [2.05, 4.69) is 243 Å². The first kappa shape index (κ1) is 36.8. The summed E-state index contributed by atoms with van der Waals surface area (Å²) >= 11 is 0. The van der Waals surface area contributed by atoms with Crippen LogP contribution in [0.2, 0.25) is 0 Å². The first-order valence-corrected chi connectivity index (χ1v) is 21.1. The number of fused-ring (bicyclic) bond motifs is 3. The Labute approximate surface area is 362 Å². The monoisotopic (exact) mass is 788 g/mol. The van der Waals surface area contributed by atoms with Crippen LogP contribution in [0.3, 0.4) is 0 Å². The molecule has 11 aromatic rings. The minimum absolute atomic E-state index is 0.700. The molecule has 0 N–H and O–H groups in total. The van der Waals surface area contributed by atoms with Gasteiger partial charge in [-0.1, -0.05) is 206 Å². The molecule has 1 heterocycles. The largest absolute Gasteiger partial charge is 0.228 e. The van der Waals surface area contributed by atoms with Gasteiger partial charge in [-0.05, 0) is 114 Å². The van der Waals surface area contributed by atoms with Crippen molar-refractivity contribution in [3.05, 3.63) is 243 Å². The van der Waals surface area contributed by atoms with Crippen molar-refractivity contribution in [3.8, 4) is 89.4 Å². The van der Waals surface area contributed by atoms with Crippen LogP contribution < -0.4 is 0 Å². The number of nitrogens with zero attached hydrogens (tertiary/aromatic N) is 2. The maximum Gasteiger partial charge on any atom is 0.160 e. The molecule has 0 unspecified atom stereocenters. The molecule has 0 saturated heterocycles. The maximum atomic E-state index is 5.41. The molecule has 0 fully saturated rings. The van der Waals surface area contributed by atoms with Gasteiger partial charge in [-0.15, -0.1) is 0 Å². The summed E-state index contributed by atoms with van der Waals surface area (Å²) in [7, 11) is 0. The third kappa shape index (κ3) is 7.25. The average Bonchev–Trinajstić information content (AvgIpc) is 3.37. The van der Waals surface area contributed by atoms with Gasteiger partial charge in [-0.3, -0.25) is 0 Å². The van der Waals surface area contributed by atoms with Gasteiger partial charge in [0.2, 0.25) is 0 Å². The van der Waals surface area contributed by atoms with Crippen molar-refractivity contribution in [2.75, 3.05) is 0 Å². The molecule has 62 heavy (non-hydrogen) atoms. The SMILES string of the molecule is c1ccc(-c2cccc(-c3cccc(-c4ccc(-c5nc(-c6cccc(-c7cccc(-c8cccc(-c9ccccc9)c8)c7)c6)nc6ccc7ccccc7c56)cc4)c3)c2)cc1. The molecule has 0 amide bonds. The molecule has 0 radical (unpaired) electrons. The quantitative estimate of drug-likeness (QED) is 0.143. The number of hydrogen-bond acceptors (Lipinski definition) is 2. The molecule has 0 saturated carbocycles. The van der Waals surface area contributed by atoms with Crippen molar-refractivity contribution in [1.82, 2.24) is 9.97 Å². The van der Waals surface area contributed by atoms with Crippen LogP contribution >= 0.6 is 0 Å². The minimum Gasteiger partial charge on any atom is -0.228 e. The summed E-state index contributed by atoms with van der Waals surface area (Å²) in [6.07, 6.45) is 0. The van der Waals surface area contributed by atoms with E-state index in [0.29, 0.717) is 5.82 Å². The highest BCUT2D eigenvalue weighted by atomic mass is 14.9. The van der Waals surface area contributed by atoms with Crippen molar-refractivity contribution in [2.24, 2.45) is 0 Å². The number of benzene rings is 10. The normalized spacial score (nSPS) is 11.2. The highest BCUT2D eigenvalue weighted by Gasteiger charge is 2.16. The second kappa shape index (κ2) is 16.1. The first-order valence-electron chi connectivity index (χ1n) is 21.1. The van der Waals surface area contributed by atoms with E-state index in [1.165, 1.54) is 55.5 Å². The molecule has 0 aliphatic carbocycles. The summed E-state index contributed by atoms with van der Waals surface area (Å²) < 4.78 is 0. The summed E-state index contributed by atoms with van der Waals surface area (Å²) in [5.74, 6) is 0.700. The Morgan fingerprint density at radius 1 is 0.226 bits per heavy atom. The highest BCUT2D eigenvalue weighted by molar-refractivity contribution is 6.12. The Morgan fingerprint density at radius 2 is 0.581 bits per heavy atom. The Morgan fingerprint density at radius 3 is 1.06 bits per heavy atom. The van der Waals surface area contributed by atoms with Crippen LogP contribution in [0.25, 0.3) is 111 Å². The molecule has 1 aromatic heterocycles. The molecule has 290 valence electrons. The Kier molecular flexibility index (Phi) is 9.57. The van der Waals surface area contributed by atoms with E-state index in [-0.39, 0.29) is 0 Å². The minimum atomic E-state index is 0.700. The molecule has 0 aliphatic heterocycles. The lowest BCUT2D eigenvalue weighted by Crippen LogP contribution is -1.96. The van der Waals surface area contributed by atoms with Crippen LogP contribution in [-0.4, -0.2) is 9.97 Å². The van der Waals surface area contributed by atoms with Gasteiger partial charge in [0, 0.05) is 16.5 Å². The third-order valence-electron chi connectivity index (χ3n) is 11.9. The maximum absolute atomic E-state index is 5.41. The van der Waals surface area contributed by atoms with Crippen LogP contribution in [0.5, 0.6) is 0 Å². The van der Waals surface area contributed by atoms with Gasteiger partial charge in [0.05, 0.1) is 11.2 Å². The molecule has 10 aromatic carbocycles. The molecule has 2 nitrogen and oxygen atoms in total. The van der Waals surface area contributed by atoms with Crippen molar-refractivity contribution in [3.63, 3.8) is 0 Å². The summed E-state index contributed by atoms with van der Waals surface area (Å²) in [6, 6.07) is 86.6. The van der Waals surface area contributed by atoms with Gasteiger partial charge in [0.1, 0.15) is 0 Å². The lowest BCUT2D eigenvalue weighted by atomic mass is 9.95. The number of aromatic nitrogens is 2. The van der Waals surface area contributed by atoms with Gasteiger partial charge in [0.15, 0.2) is 5.82 Å². The van der Waals surface area contributed by atoms with Crippen molar-refractivity contribution in [1.29, 1.82) is 0 Å². The van der Waals surface area contributed by atoms with E-state index in [0.717, 1.165) is 49.8 Å². The smallest absolute Gasteiger partial charge is 0.160 e. The highest BCUT2D eigenvalue weighted by Crippen LogP contribution is 2.37. The van der Waals surface area contributed by atoms with E-state index >= 15 is 0 Å². The second-order valence-corrected chi connectivity index (χ2v) is 15.8. The van der Waals surface area contributed by atoms with Crippen LogP contribution in [-0.2, 0) is 0 Å². The van der Waals surface area contributed by atoms with Crippen molar-refractivity contribution >= 4 is 21.7 Å². The zero-order chi connectivity index (χ0) is 41.2. The average molecular weight is 789 g/mol. The topological polar surface area (TPSA) is 25.8 Å². The van der Waals surface area contributed by atoms with Gasteiger partial charge < -0.3 is 0 Å². The molecule has 0 spiro atoms. The summed E-state index contributed by atoms with van der Waals surface area (Å²) in [5, 5.41) is 3.36. The summed E-state index contributed by atoms with van der Waals surface area (Å²) in [4.78, 5) is 10.6. The fraction of sp³-hybridized carbons (Fsp3) is 0. The number of rotatable bonds is 8. The lowest BCUT2D eigenvalue weighted by Gasteiger charge is -2.13. The zero-order valence-corrected chi connectivity index (χ0v) is 34.0. The van der Waals surface area contributed by atoms with Crippen molar-refractivity contribution < 1.29 is 0 Å². The molecule has 0 aliphatic rings. The second-order valence-electron chi connectivity index (χ2n) is 15.8. The summed E-state index contributed by atoms with van der Waals surface area (Å²) in [5.41, 5.74) is 18.0. The fourth-order valence-electron chi connectivity index (χ4n) is 8.67. The molecular formula is C60H40N2. The summed E-state index contributed by atoms with van der Waals surface area (Å²) in [6.45, 7) is 0. The zero-order valence-electron chi connectivity index (χ0n) is 34.0. The van der Waals surface area contributed by atoms with E-state index < -0.39 is 0 Å². The van der Waals surface area contributed by atoms with Gasteiger partial charge >= 0.3 is 0 Å². The van der Waals surface area contributed by atoms with E-state index in [1.807, 2.05) is 0 Å². The Bertz CT molecular complexity index is 3390. The molecule has 2 heteroatoms. The van der Waals surface area contributed by atoms with Crippen molar-refractivity contribution in [2.45, 2.75) is 0 Å². The molecular weight excluding hydrogens is 749 g/mol. The van der Waals surface area contributed by atoms with Gasteiger partial charge in [-0.25, -0.2) is 9.97 Å². The Balaban J connectivity index is 0.952.